The van der Waals surface area contributed by atoms with Gasteiger partial charge in [-0.25, -0.2) is 9.59 Å². The molecule has 46 heavy (non-hydrogen) atoms. The molecule has 1 saturated carbocycles. The molecule has 4 rings (SSSR count). The fraction of sp³-hybridized carbons (Fsp3) is 0.444. The monoisotopic (exact) mass is 631 g/mol. The summed E-state index contributed by atoms with van der Waals surface area (Å²) in [6, 6.07) is 15.1. The van der Waals surface area contributed by atoms with Crippen LogP contribution in [0.25, 0.3) is 11.1 Å². The van der Waals surface area contributed by atoms with Crippen LogP contribution in [0.4, 0.5) is 4.79 Å². The van der Waals surface area contributed by atoms with Crippen LogP contribution in [0.5, 0.6) is 0 Å². The summed E-state index contributed by atoms with van der Waals surface area (Å²) in [5.41, 5.74) is 3.78. The molecule has 0 saturated heterocycles. The Morgan fingerprint density at radius 1 is 0.957 bits per heavy atom. The number of hydrogen-bond donors (Lipinski definition) is 4. The van der Waals surface area contributed by atoms with Crippen LogP contribution in [-0.4, -0.2) is 66.9 Å². The van der Waals surface area contributed by atoms with Crippen molar-refractivity contribution in [2.45, 2.75) is 68.9 Å². The molecule has 3 amide bonds. The summed E-state index contributed by atoms with van der Waals surface area (Å²) in [5, 5.41) is 18.0. The van der Waals surface area contributed by atoms with E-state index in [2.05, 4.69) is 41.2 Å². The average Bonchev–Trinajstić information content (AvgIpc) is 3.66. The Labute approximate surface area is 270 Å². The lowest BCUT2D eigenvalue weighted by Gasteiger charge is -2.28. The number of aliphatic hydroxyl groups is 1. The van der Waals surface area contributed by atoms with Crippen LogP contribution in [0.15, 0.2) is 73.8 Å². The number of allylic oxidation sites excluding steroid dienone is 2. The Bertz CT molecular complexity index is 1360. The third kappa shape index (κ3) is 8.84. The molecular weight excluding hydrogens is 586 g/mol. The number of aliphatic hydroxyl groups excluding tert-OH is 1. The van der Waals surface area contributed by atoms with Crippen molar-refractivity contribution >= 4 is 23.9 Å². The second-order valence-electron chi connectivity index (χ2n) is 12.0. The van der Waals surface area contributed by atoms with Crippen molar-refractivity contribution in [1.29, 1.82) is 0 Å². The van der Waals surface area contributed by atoms with Crippen LogP contribution < -0.4 is 16.0 Å². The number of amides is 3. The molecule has 1 fully saturated rings. The number of alkyl carbamates (subject to hydrolysis) is 1. The number of fused-ring (bicyclic) bond motifs is 3. The topological polar surface area (TPSA) is 143 Å². The largest absolute Gasteiger partial charge is 0.462 e. The second kappa shape index (κ2) is 16.7. The summed E-state index contributed by atoms with van der Waals surface area (Å²) < 4.78 is 11.0. The van der Waals surface area contributed by atoms with Gasteiger partial charge in [-0.15, -0.1) is 13.2 Å². The van der Waals surface area contributed by atoms with Crippen molar-refractivity contribution in [3.05, 3.63) is 85.0 Å². The summed E-state index contributed by atoms with van der Waals surface area (Å²) in [6.45, 7) is 7.27. The van der Waals surface area contributed by atoms with E-state index in [4.69, 9.17) is 9.47 Å². The van der Waals surface area contributed by atoms with Gasteiger partial charge in [0.25, 0.3) is 0 Å². The summed E-state index contributed by atoms with van der Waals surface area (Å²) in [5.74, 6) is -2.09. The lowest BCUT2D eigenvalue weighted by Crippen LogP contribution is -2.50. The van der Waals surface area contributed by atoms with E-state index >= 15 is 0 Å². The summed E-state index contributed by atoms with van der Waals surface area (Å²) in [4.78, 5) is 51.2. The number of benzene rings is 2. The number of esters is 1. The highest BCUT2D eigenvalue weighted by molar-refractivity contribution is 5.86. The minimum absolute atomic E-state index is 0.0273. The van der Waals surface area contributed by atoms with Gasteiger partial charge in [-0.2, -0.15) is 0 Å². The predicted molar refractivity (Wildman–Crippen MR) is 175 cm³/mol. The molecule has 0 radical (unpaired) electrons. The molecule has 0 aliphatic heterocycles. The van der Waals surface area contributed by atoms with Gasteiger partial charge < -0.3 is 30.5 Å². The van der Waals surface area contributed by atoms with Crippen LogP contribution in [-0.2, 0) is 23.9 Å². The van der Waals surface area contributed by atoms with Crippen LogP contribution >= 0.6 is 0 Å². The summed E-state index contributed by atoms with van der Waals surface area (Å²) >= 11 is 0. The maximum atomic E-state index is 12.9. The predicted octanol–water partition coefficient (Wildman–Crippen LogP) is 4.52. The molecule has 2 aromatic carbocycles. The Kier molecular flexibility index (Phi) is 12.5. The first-order valence-corrected chi connectivity index (χ1v) is 16.0. The van der Waals surface area contributed by atoms with E-state index in [0.717, 1.165) is 35.1 Å². The van der Waals surface area contributed by atoms with Crippen molar-refractivity contribution in [1.82, 2.24) is 16.0 Å². The van der Waals surface area contributed by atoms with Gasteiger partial charge in [-0.1, -0.05) is 73.5 Å². The van der Waals surface area contributed by atoms with E-state index < -0.39 is 29.6 Å². The van der Waals surface area contributed by atoms with Crippen LogP contribution in [0.2, 0.25) is 0 Å². The SMILES string of the molecule is C=CCC[C@H](NC(=O)OCC1c2ccccc2-c2ccccc21)C(=O)OCCNC(=O)[C@@H](CC=C)CC(=O)NC1(CO)CCCC1. The third-order valence-corrected chi connectivity index (χ3v) is 8.75. The van der Waals surface area contributed by atoms with Gasteiger partial charge in [0.05, 0.1) is 24.6 Å². The average molecular weight is 632 g/mol. The van der Waals surface area contributed by atoms with Crippen molar-refractivity contribution in [3.8, 4) is 11.1 Å². The van der Waals surface area contributed by atoms with E-state index in [0.29, 0.717) is 25.7 Å². The van der Waals surface area contributed by atoms with Gasteiger partial charge in [0.2, 0.25) is 11.8 Å². The van der Waals surface area contributed by atoms with Crippen molar-refractivity contribution in [2.75, 3.05) is 26.4 Å². The Hall–Kier alpha value is -4.44. The third-order valence-electron chi connectivity index (χ3n) is 8.75. The second-order valence-corrected chi connectivity index (χ2v) is 12.0. The van der Waals surface area contributed by atoms with E-state index in [-0.39, 0.29) is 56.9 Å². The molecule has 0 unspecified atom stereocenters. The molecule has 0 bridgehead atoms. The lowest BCUT2D eigenvalue weighted by atomic mass is 9.96. The van der Waals surface area contributed by atoms with E-state index in [9.17, 15) is 24.3 Å². The standard InChI is InChI=1S/C36H45N3O7/c1-3-5-17-31(38-35(44)46-23-30-28-15-8-6-13-26(28)27-14-7-9-16-29(27)30)34(43)45-21-20-37-33(42)25(12-4-2)22-32(41)39-36(24-40)18-10-11-19-36/h3-4,6-9,13-16,25,30-31,40H,1-2,5,10-12,17-24H2,(H,37,42)(H,38,44)(H,39,41)/t25-,31-/m0/s1. The quantitative estimate of drug-likeness (QED) is 0.114. The molecule has 2 aliphatic rings. The van der Waals surface area contributed by atoms with Gasteiger partial charge in [0.15, 0.2) is 0 Å². The van der Waals surface area contributed by atoms with E-state index in [1.807, 2.05) is 36.4 Å². The summed E-state index contributed by atoms with van der Waals surface area (Å²) in [7, 11) is 0. The van der Waals surface area contributed by atoms with Crippen LogP contribution in [0, 0.1) is 5.92 Å². The molecular formula is C36H45N3O7. The van der Waals surface area contributed by atoms with Gasteiger partial charge in [0.1, 0.15) is 19.3 Å². The first-order valence-electron chi connectivity index (χ1n) is 16.0. The number of rotatable bonds is 17. The zero-order valence-corrected chi connectivity index (χ0v) is 26.3. The Balaban J connectivity index is 1.24. The van der Waals surface area contributed by atoms with Crippen molar-refractivity contribution in [3.63, 3.8) is 0 Å². The zero-order chi connectivity index (χ0) is 32.9. The lowest BCUT2D eigenvalue weighted by molar-refractivity contribution is -0.146. The van der Waals surface area contributed by atoms with E-state index in [1.165, 1.54) is 0 Å². The molecule has 10 nitrogen and oxygen atoms in total. The minimum Gasteiger partial charge on any atom is -0.462 e. The smallest absolute Gasteiger partial charge is 0.407 e. The fourth-order valence-corrected chi connectivity index (χ4v) is 6.32. The molecule has 4 N–H and O–H groups in total. The number of nitrogens with one attached hydrogen (secondary N) is 3. The number of ether oxygens (including phenoxy) is 2. The highest BCUT2D eigenvalue weighted by Gasteiger charge is 2.35. The van der Waals surface area contributed by atoms with Crippen molar-refractivity contribution in [2.24, 2.45) is 5.92 Å². The van der Waals surface area contributed by atoms with Crippen LogP contribution in [0.1, 0.15) is 68.4 Å². The minimum atomic E-state index is -0.962. The maximum Gasteiger partial charge on any atom is 0.407 e. The normalized spacial score (nSPS) is 15.8. The Morgan fingerprint density at radius 3 is 2.22 bits per heavy atom. The molecule has 0 spiro atoms. The fourth-order valence-electron chi connectivity index (χ4n) is 6.32. The molecule has 2 aliphatic carbocycles. The number of carbonyl (C=O) groups excluding carboxylic acids is 4. The molecule has 246 valence electrons. The van der Waals surface area contributed by atoms with Gasteiger partial charge >= 0.3 is 12.1 Å². The maximum absolute atomic E-state index is 12.9. The van der Waals surface area contributed by atoms with Crippen LogP contribution in [0.3, 0.4) is 0 Å². The summed E-state index contributed by atoms with van der Waals surface area (Å²) in [6.07, 6.45) is 6.76. The molecule has 0 aromatic heterocycles. The Morgan fingerprint density at radius 2 is 1.61 bits per heavy atom. The highest BCUT2D eigenvalue weighted by atomic mass is 16.6. The van der Waals surface area contributed by atoms with Crippen molar-refractivity contribution < 1.29 is 33.8 Å². The first-order chi connectivity index (χ1) is 22.3. The molecule has 2 aromatic rings. The molecule has 2 atom stereocenters. The highest BCUT2D eigenvalue weighted by Crippen LogP contribution is 2.44. The zero-order valence-electron chi connectivity index (χ0n) is 26.3. The van der Waals surface area contributed by atoms with Gasteiger partial charge in [0, 0.05) is 12.3 Å². The first kappa shape index (κ1) is 34.4. The van der Waals surface area contributed by atoms with E-state index in [1.54, 1.807) is 12.2 Å². The van der Waals surface area contributed by atoms with Gasteiger partial charge in [-0.05, 0) is 54.4 Å². The number of carbonyl (C=O) groups is 4. The van der Waals surface area contributed by atoms with Gasteiger partial charge in [-0.3, -0.25) is 9.59 Å². The molecule has 0 heterocycles. The number of hydrogen-bond acceptors (Lipinski definition) is 7. The molecule has 10 heteroatoms.